The molecule has 1 heterocycles. The van der Waals surface area contributed by atoms with E-state index in [1.807, 2.05) is 0 Å². The molecule has 2 aromatic rings. The lowest BCUT2D eigenvalue weighted by atomic mass is 10.3. The van der Waals surface area contributed by atoms with Gasteiger partial charge >= 0.3 is 0 Å². The largest absolute Gasteiger partial charge is 0.396 e. The lowest BCUT2D eigenvalue weighted by Gasteiger charge is -2.06. The van der Waals surface area contributed by atoms with E-state index in [0.29, 0.717) is 0 Å². The van der Waals surface area contributed by atoms with Crippen LogP contribution in [-0.2, 0) is 17.1 Å². The van der Waals surface area contributed by atoms with Crippen LogP contribution in [0.1, 0.15) is 0 Å². The van der Waals surface area contributed by atoms with E-state index in [4.69, 9.17) is 5.73 Å². The zero-order chi connectivity index (χ0) is 13.3. The molecule has 0 radical (unpaired) electrons. The third kappa shape index (κ3) is 2.43. The highest BCUT2D eigenvalue weighted by Crippen LogP contribution is 2.18. The van der Waals surface area contributed by atoms with Gasteiger partial charge in [0.1, 0.15) is 5.82 Å². The molecule has 0 saturated carbocycles. The average Bonchev–Trinajstić information content (AvgIpc) is 2.71. The monoisotopic (exact) mass is 270 g/mol. The van der Waals surface area contributed by atoms with Gasteiger partial charge in [0, 0.05) is 19.3 Å². The van der Waals surface area contributed by atoms with Gasteiger partial charge in [-0.25, -0.2) is 9.37 Å². The van der Waals surface area contributed by atoms with Crippen LogP contribution in [0, 0.1) is 5.82 Å². The standard InChI is InChI=1S/C10H11FN4O2S/c1-15-5-10(13-6-15)18(16,17)14-7-2-3-9(12)8(11)4-7/h2-6,14H,12H2,1H3. The number of nitrogen functional groups attached to an aromatic ring is 1. The Kier molecular flexibility index (Phi) is 2.95. The summed E-state index contributed by atoms with van der Waals surface area (Å²) in [5.41, 5.74) is 5.34. The van der Waals surface area contributed by atoms with E-state index < -0.39 is 15.8 Å². The number of aryl methyl sites for hydroxylation is 1. The Morgan fingerprint density at radius 1 is 1.44 bits per heavy atom. The predicted octanol–water partition coefficient (Wildman–Crippen LogP) is 0.942. The minimum absolute atomic E-state index is 0.0456. The Morgan fingerprint density at radius 3 is 2.72 bits per heavy atom. The summed E-state index contributed by atoms with van der Waals surface area (Å²) in [5.74, 6) is -0.684. The molecule has 3 N–H and O–H groups in total. The molecule has 0 aliphatic carbocycles. The predicted molar refractivity (Wildman–Crippen MR) is 64.8 cm³/mol. The highest BCUT2D eigenvalue weighted by Gasteiger charge is 2.17. The Labute approximate surface area is 103 Å². The molecular weight excluding hydrogens is 259 g/mol. The maximum atomic E-state index is 13.2. The molecular formula is C10H11FN4O2S. The number of hydrogen-bond acceptors (Lipinski definition) is 4. The van der Waals surface area contributed by atoms with Gasteiger partial charge in [-0.1, -0.05) is 0 Å². The minimum Gasteiger partial charge on any atom is -0.396 e. The number of anilines is 2. The van der Waals surface area contributed by atoms with Crippen molar-refractivity contribution in [3.8, 4) is 0 Å². The molecule has 0 unspecified atom stereocenters. The molecule has 2 rings (SSSR count). The first-order valence-electron chi connectivity index (χ1n) is 4.94. The number of nitrogens with one attached hydrogen (secondary N) is 1. The van der Waals surface area contributed by atoms with Crippen molar-refractivity contribution in [2.45, 2.75) is 5.03 Å². The van der Waals surface area contributed by atoms with E-state index in [0.717, 1.165) is 6.07 Å². The van der Waals surface area contributed by atoms with Crippen molar-refractivity contribution in [1.29, 1.82) is 0 Å². The quantitative estimate of drug-likeness (QED) is 0.812. The van der Waals surface area contributed by atoms with Crippen molar-refractivity contribution in [3.05, 3.63) is 36.5 Å². The molecule has 0 saturated heterocycles. The van der Waals surface area contributed by atoms with Crippen LogP contribution in [0.3, 0.4) is 0 Å². The van der Waals surface area contributed by atoms with Crippen LogP contribution in [-0.4, -0.2) is 18.0 Å². The number of rotatable bonds is 3. The molecule has 1 aromatic heterocycles. The molecule has 0 aliphatic heterocycles. The summed E-state index contributed by atoms with van der Waals surface area (Å²) in [5, 5.41) is -0.137. The van der Waals surface area contributed by atoms with Crippen LogP contribution >= 0.6 is 0 Å². The fourth-order valence-corrected chi connectivity index (χ4v) is 2.36. The van der Waals surface area contributed by atoms with Crippen molar-refractivity contribution in [2.24, 2.45) is 7.05 Å². The first-order chi connectivity index (χ1) is 8.38. The van der Waals surface area contributed by atoms with Crippen LogP contribution in [0.15, 0.2) is 35.7 Å². The van der Waals surface area contributed by atoms with Gasteiger partial charge in [0.25, 0.3) is 10.0 Å². The molecule has 0 amide bonds. The Hall–Kier alpha value is -2.09. The number of aromatic nitrogens is 2. The van der Waals surface area contributed by atoms with Crippen LogP contribution in [0.2, 0.25) is 0 Å². The van der Waals surface area contributed by atoms with Crippen molar-refractivity contribution >= 4 is 21.4 Å². The molecule has 0 aliphatic rings. The van der Waals surface area contributed by atoms with E-state index in [2.05, 4.69) is 9.71 Å². The van der Waals surface area contributed by atoms with Gasteiger partial charge in [-0.15, -0.1) is 0 Å². The van der Waals surface area contributed by atoms with Crippen molar-refractivity contribution < 1.29 is 12.8 Å². The van der Waals surface area contributed by atoms with Crippen molar-refractivity contribution in [1.82, 2.24) is 9.55 Å². The topological polar surface area (TPSA) is 90.0 Å². The minimum atomic E-state index is -3.81. The highest BCUT2D eigenvalue weighted by atomic mass is 32.2. The zero-order valence-corrected chi connectivity index (χ0v) is 10.3. The van der Waals surface area contributed by atoms with E-state index in [1.54, 1.807) is 7.05 Å². The summed E-state index contributed by atoms with van der Waals surface area (Å²) in [6.07, 6.45) is 2.70. The van der Waals surface area contributed by atoms with Crippen molar-refractivity contribution in [2.75, 3.05) is 10.5 Å². The summed E-state index contributed by atoms with van der Waals surface area (Å²) >= 11 is 0. The van der Waals surface area contributed by atoms with Gasteiger partial charge in [-0.2, -0.15) is 8.42 Å². The van der Waals surface area contributed by atoms with E-state index in [1.165, 1.54) is 29.2 Å². The van der Waals surface area contributed by atoms with Gasteiger partial charge in [-0.05, 0) is 12.1 Å². The van der Waals surface area contributed by atoms with Crippen LogP contribution in [0.4, 0.5) is 15.8 Å². The molecule has 96 valence electrons. The van der Waals surface area contributed by atoms with Crippen LogP contribution in [0.5, 0.6) is 0 Å². The van der Waals surface area contributed by atoms with E-state index in [9.17, 15) is 12.8 Å². The summed E-state index contributed by atoms with van der Waals surface area (Å²) in [7, 11) is -2.16. The van der Waals surface area contributed by atoms with Gasteiger partial charge in [0.2, 0.25) is 0 Å². The Bertz CT molecular complexity index is 681. The van der Waals surface area contributed by atoms with Gasteiger partial charge < -0.3 is 10.3 Å². The smallest absolute Gasteiger partial charge is 0.280 e. The number of hydrogen-bond donors (Lipinski definition) is 2. The van der Waals surface area contributed by atoms with Gasteiger partial charge in [0.15, 0.2) is 5.03 Å². The third-order valence-corrected chi connectivity index (χ3v) is 3.48. The first-order valence-corrected chi connectivity index (χ1v) is 6.42. The second-order valence-electron chi connectivity index (χ2n) is 3.72. The normalized spacial score (nSPS) is 11.4. The number of benzene rings is 1. The molecule has 8 heteroatoms. The Morgan fingerprint density at radius 2 is 2.17 bits per heavy atom. The second kappa shape index (κ2) is 4.30. The summed E-state index contributed by atoms with van der Waals surface area (Å²) < 4.78 is 40.6. The maximum absolute atomic E-state index is 13.2. The zero-order valence-electron chi connectivity index (χ0n) is 9.46. The number of nitrogens with two attached hydrogens (primary N) is 1. The van der Waals surface area contributed by atoms with Crippen LogP contribution in [0.25, 0.3) is 0 Å². The first kappa shape index (κ1) is 12.4. The highest BCUT2D eigenvalue weighted by molar-refractivity contribution is 7.92. The molecule has 18 heavy (non-hydrogen) atoms. The number of imidazole rings is 1. The van der Waals surface area contributed by atoms with Crippen LogP contribution < -0.4 is 10.5 Å². The van der Waals surface area contributed by atoms with E-state index >= 15 is 0 Å². The number of sulfonamides is 1. The third-order valence-electron chi connectivity index (χ3n) is 2.21. The second-order valence-corrected chi connectivity index (χ2v) is 5.35. The fourth-order valence-electron chi connectivity index (χ4n) is 1.33. The summed E-state index contributed by atoms with van der Waals surface area (Å²) in [4.78, 5) is 3.72. The molecule has 0 spiro atoms. The lowest BCUT2D eigenvalue weighted by molar-refractivity contribution is 0.598. The molecule has 1 aromatic carbocycles. The molecule has 0 atom stereocenters. The van der Waals surface area contributed by atoms with Crippen molar-refractivity contribution in [3.63, 3.8) is 0 Å². The van der Waals surface area contributed by atoms with Gasteiger partial charge in [0.05, 0.1) is 17.7 Å². The maximum Gasteiger partial charge on any atom is 0.280 e. The molecule has 0 fully saturated rings. The number of nitrogens with zero attached hydrogens (tertiary/aromatic N) is 2. The summed E-state index contributed by atoms with van der Waals surface area (Å²) in [6, 6.07) is 3.67. The number of halogens is 1. The van der Waals surface area contributed by atoms with Gasteiger partial charge in [-0.3, -0.25) is 4.72 Å². The summed E-state index contributed by atoms with van der Waals surface area (Å²) in [6.45, 7) is 0. The Balaban J connectivity index is 2.30. The molecule has 6 nitrogen and oxygen atoms in total. The SMILES string of the molecule is Cn1cnc(S(=O)(=O)Nc2ccc(N)c(F)c2)c1. The fraction of sp³-hybridized carbons (Fsp3) is 0.100. The lowest BCUT2D eigenvalue weighted by Crippen LogP contribution is -2.13. The van der Waals surface area contributed by atoms with E-state index in [-0.39, 0.29) is 16.4 Å². The molecule has 0 bridgehead atoms. The average molecular weight is 270 g/mol.